The fourth-order valence-electron chi connectivity index (χ4n) is 2.23. The van der Waals surface area contributed by atoms with Gasteiger partial charge in [-0.1, -0.05) is 0 Å². The van der Waals surface area contributed by atoms with Gasteiger partial charge >= 0.3 is 0 Å². The second-order valence-electron chi connectivity index (χ2n) is 5.20. The van der Waals surface area contributed by atoms with Crippen LogP contribution in [0.1, 0.15) is 16.2 Å². The van der Waals surface area contributed by atoms with Crippen molar-refractivity contribution in [3.63, 3.8) is 0 Å². The normalized spacial score (nSPS) is 11.3. The van der Waals surface area contributed by atoms with Gasteiger partial charge in [-0.05, 0) is 43.4 Å². The maximum absolute atomic E-state index is 12.4. The molecule has 0 atom stereocenters. The van der Waals surface area contributed by atoms with Crippen LogP contribution >= 0.6 is 23.6 Å². The fourth-order valence-corrected chi connectivity index (χ4v) is 3.67. The Morgan fingerprint density at radius 1 is 1.27 bits per heavy atom. The van der Waals surface area contributed by atoms with E-state index in [0.717, 1.165) is 4.96 Å². The third-order valence-corrected chi connectivity index (χ3v) is 5.27. The first-order valence-corrected chi connectivity index (χ1v) is 10.0. The summed E-state index contributed by atoms with van der Waals surface area (Å²) in [6, 6.07) is 5.71. The number of rotatable bonds is 3. The Labute approximate surface area is 158 Å². The number of imidazole rings is 1. The molecule has 2 aromatic heterocycles. The Kier molecular flexibility index (Phi) is 4.91. The van der Waals surface area contributed by atoms with E-state index in [-0.39, 0.29) is 15.9 Å². The van der Waals surface area contributed by atoms with Crippen molar-refractivity contribution >= 4 is 55.2 Å². The third-order valence-electron chi connectivity index (χ3n) is 3.38. The molecule has 9 nitrogen and oxygen atoms in total. The summed E-state index contributed by atoms with van der Waals surface area (Å²) in [5.41, 5.74) is 6.64. The molecule has 1 aromatic carbocycles. The number of fused-ring (bicyclic) bond motifs is 1. The maximum atomic E-state index is 12.4. The van der Waals surface area contributed by atoms with E-state index >= 15 is 0 Å². The molecule has 0 bridgehead atoms. The van der Waals surface area contributed by atoms with Gasteiger partial charge in [-0.25, -0.2) is 18.5 Å². The van der Waals surface area contributed by atoms with Crippen molar-refractivity contribution in [1.29, 1.82) is 0 Å². The minimum Gasteiger partial charge on any atom is -0.331 e. The molecule has 0 aliphatic carbocycles. The molecule has 0 radical (unpaired) electrons. The molecule has 0 spiro atoms. The molecule has 0 aliphatic rings. The topological polar surface area (TPSA) is 131 Å². The van der Waals surface area contributed by atoms with Gasteiger partial charge in [0, 0.05) is 17.3 Å². The predicted molar refractivity (Wildman–Crippen MR) is 102 cm³/mol. The van der Waals surface area contributed by atoms with Gasteiger partial charge in [-0.15, -0.1) is 11.3 Å². The molecule has 0 saturated heterocycles. The molecule has 136 valence electrons. The number of benzene rings is 1. The van der Waals surface area contributed by atoms with Crippen molar-refractivity contribution < 1.29 is 13.2 Å². The van der Waals surface area contributed by atoms with Gasteiger partial charge in [0.05, 0.1) is 10.6 Å². The van der Waals surface area contributed by atoms with Crippen molar-refractivity contribution in [3.05, 3.63) is 47.2 Å². The molecule has 5 N–H and O–H groups in total. The molecule has 0 aliphatic heterocycles. The zero-order valence-electron chi connectivity index (χ0n) is 13.4. The molecule has 3 aromatic rings. The zero-order valence-corrected chi connectivity index (χ0v) is 15.8. The number of amides is 1. The number of carbonyl (C=O) groups is 1. The third kappa shape index (κ3) is 3.83. The lowest BCUT2D eigenvalue weighted by Crippen LogP contribution is -2.44. The Hall–Kier alpha value is -2.54. The summed E-state index contributed by atoms with van der Waals surface area (Å²) >= 11 is 6.53. The number of aryl methyl sites for hydroxylation is 1. The standard InChI is InChI=1S/C14H14N6O3S3/c1-8-11(20-6-7-25-14(20)16-8)12(21)18-19-13(24)17-9-2-4-10(5-3-9)26(15,22)23/h2-7H,1H3,(H,18,21)(H2,15,22,23)(H2,17,19,24). The quantitative estimate of drug-likeness (QED) is 0.374. The number of sulfonamides is 1. The molecule has 0 saturated carbocycles. The number of nitrogens with two attached hydrogens (primary N) is 1. The van der Waals surface area contributed by atoms with Crippen LogP contribution in [0, 0.1) is 6.92 Å². The van der Waals surface area contributed by atoms with Crippen LogP contribution in [0.2, 0.25) is 0 Å². The Morgan fingerprint density at radius 3 is 2.62 bits per heavy atom. The van der Waals surface area contributed by atoms with Crippen molar-refractivity contribution in [2.45, 2.75) is 11.8 Å². The van der Waals surface area contributed by atoms with E-state index < -0.39 is 10.0 Å². The van der Waals surface area contributed by atoms with Gasteiger partial charge < -0.3 is 5.32 Å². The molecule has 3 rings (SSSR count). The van der Waals surface area contributed by atoms with Gasteiger partial charge in [0.25, 0.3) is 5.91 Å². The van der Waals surface area contributed by atoms with E-state index in [1.165, 1.54) is 35.6 Å². The average molecular weight is 411 g/mol. The molecule has 26 heavy (non-hydrogen) atoms. The molecule has 0 unspecified atom stereocenters. The summed E-state index contributed by atoms with van der Waals surface area (Å²) in [6.07, 6.45) is 1.76. The maximum Gasteiger partial charge on any atom is 0.288 e. The van der Waals surface area contributed by atoms with Gasteiger partial charge in [0.15, 0.2) is 10.1 Å². The highest BCUT2D eigenvalue weighted by Crippen LogP contribution is 2.16. The van der Waals surface area contributed by atoms with Crippen LogP contribution < -0.4 is 21.3 Å². The van der Waals surface area contributed by atoms with Crippen LogP contribution in [0.3, 0.4) is 0 Å². The van der Waals surface area contributed by atoms with Crippen LogP contribution in [0.5, 0.6) is 0 Å². The van der Waals surface area contributed by atoms with E-state index in [9.17, 15) is 13.2 Å². The number of hydrazine groups is 1. The molecule has 2 heterocycles. The first-order chi connectivity index (χ1) is 12.3. The van der Waals surface area contributed by atoms with Crippen LogP contribution in [0.15, 0.2) is 40.7 Å². The van der Waals surface area contributed by atoms with Gasteiger partial charge in [0.2, 0.25) is 10.0 Å². The first kappa shape index (κ1) is 18.3. The Balaban J connectivity index is 1.61. The summed E-state index contributed by atoms with van der Waals surface area (Å²) in [6.45, 7) is 1.75. The van der Waals surface area contributed by atoms with Crippen LogP contribution in [-0.4, -0.2) is 28.8 Å². The van der Waals surface area contributed by atoms with Crippen molar-refractivity contribution in [2.24, 2.45) is 5.14 Å². The number of anilines is 1. The monoisotopic (exact) mass is 410 g/mol. The average Bonchev–Trinajstić information content (AvgIpc) is 3.12. The number of aromatic nitrogens is 2. The minimum atomic E-state index is -3.75. The summed E-state index contributed by atoms with van der Waals surface area (Å²) < 4.78 is 24.1. The second kappa shape index (κ2) is 6.99. The number of hydrogen-bond donors (Lipinski definition) is 4. The lowest BCUT2D eigenvalue weighted by molar-refractivity contribution is 0.0937. The van der Waals surface area contributed by atoms with Crippen LogP contribution in [-0.2, 0) is 10.0 Å². The Bertz CT molecular complexity index is 1090. The number of carbonyl (C=O) groups excluding carboxylic acids is 1. The predicted octanol–water partition coefficient (Wildman–Crippen LogP) is 0.983. The Morgan fingerprint density at radius 2 is 1.96 bits per heavy atom. The van der Waals surface area contributed by atoms with Crippen molar-refractivity contribution in [2.75, 3.05) is 5.32 Å². The molecular formula is C14H14N6O3S3. The number of nitrogens with zero attached hydrogens (tertiary/aromatic N) is 2. The van der Waals surface area contributed by atoms with E-state index in [1.807, 2.05) is 5.38 Å². The van der Waals surface area contributed by atoms with Gasteiger partial charge in [-0.2, -0.15) is 0 Å². The number of hydrogen-bond acceptors (Lipinski definition) is 6. The SMILES string of the molecule is Cc1nc2sccn2c1C(=O)NNC(=S)Nc1ccc(S(N)(=O)=O)cc1. The number of nitrogens with one attached hydrogen (secondary N) is 3. The summed E-state index contributed by atoms with van der Waals surface area (Å²) in [5.74, 6) is -0.387. The highest BCUT2D eigenvalue weighted by molar-refractivity contribution is 7.89. The number of thiazole rings is 1. The van der Waals surface area contributed by atoms with Crippen LogP contribution in [0.25, 0.3) is 4.96 Å². The molecular weight excluding hydrogens is 396 g/mol. The van der Waals surface area contributed by atoms with Gasteiger partial charge in [0.1, 0.15) is 5.69 Å². The van der Waals surface area contributed by atoms with Crippen LogP contribution in [0.4, 0.5) is 5.69 Å². The minimum absolute atomic E-state index is 0.00813. The molecule has 12 heteroatoms. The molecule has 0 fully saturated rings. The number of primary sulfonamides is 1. The highest BCUT2D eigenvalue weighted by Gasteiger charge is 2.17. The lowest BCUT2D eigenvalue weighted by Gasteiger charge is -2.12. The summed E-state index contributed by atoms with van der Waals surface area (Å²) in [7, 11) is -3.75. The molecule has 1 amide bonds. The largest absolute Gasteiger partial charge is 0.331 e. The second-order valence-corrected chi connectivity index (χ2v) is 8.05. The lowest BCUT2D eigenvalue weighted by atomic mass is 10.3. The smallest absolute Gasteiger partial charge is 0.288 e. The first-order valence-electron chi connectivity index (χ1n) is 7.18. The van der Waals surface area contributed by atoms with Crippen molar-refractivity contribution in [1.82, 2.24) is 20.2 Å². The van der Waals surface area contributed by atoms with E-state index in [4.69, 9.17) is 17.4 Å². The summed E-state index contributed by atoms with van der Waals surface area (Å²) in [5, 5.41) is 9.82. The van der Waals surface area contributed by atoms with E-state index in [0.29, 0.717) is 17.1 Å². The van der Waals surface area contributed by atoms with E-state index in [1.54, 1.807) is 17.5 Å². The highest BCUT2D eigenvalue weighted by atomic mass is 32.2. The van der Waals surface area contributed by atoms with Gasteiger partial charge in [-0.3, -0.25) is 20.0 Å². The fraction of sp³-hybridized carbons (Fsp3) is 0.0714. The van der Waals surface area contributed by atoms with Crippen molar-refractivity contribution in [3.8, 4) is 0 Å². The summed E-state index contributed by atoms with van der Waals surface area (Å²) in [4.78, 5) is 17.4. The number of thiocarbonyl (C=S) groups is 1. The zero-order chi connectivity index (χ0) is 18.9. The van der Waals surface area contributed by atoms with E-state index in [2.05, 4.69) is 21.2 Å².